The predicted octanol–water partition coefficient (Wildman–Crippen LogP) is 6.22. The smallest absolute Gasteiger partial charge is 0.217 e. The highest BCUT2D eigenvalue weighted by Crippen LogP contribution is 2.49. The molecule has 0 radical (unpaired) electrons. The van der Waals surface area contributed by atoms with Gasteiger partial charge in [-0.25, -0.2) is 4.98 Å². The summed E-state index contributed by atoms with van der Waals surface area (Å²) in [5, 5.41) is 18.2. The summed E-state index contributed by atoms with van der Waals surface area (Å²) >= 11 is 12.5. The fraction of sp³-hybridized carbons (Fsp3) is 0.286. The number of pyridine rings is 2. The van der Waals surface area contributed by atoms with Crippen molar-refractivity contribution < 1.29 is 9.84 Å². The number of piperidine rings is 1. The minimum Gasteiger partial charge on any atom is -0.481 e. The van der Waals surface area contributed by atoms with Crippen LogP contribution in [0.25, 0.3) is 10.9 Å². The van der Waals surface area contributed by atoms with Crippen LogP contribution in [0.3, 0.4) is 0 Å². The lowest BCUT2D eigenvalue weighted by atomic mass is 9.65. The van der Waals surface area contributed by atoms with Gasteiger partial charge >= 0.3 is 0 Å². The minimum atomic E-state index is -1.14. The molecule has 3 atom stereocenters. The molecule has 1 fully saturated rings. The first kappa shape index (κ1) is 25.4. The maximum absolute atomic E-state index is 12.6. The van der Waals surface area contributed by atoms with Gasteiger partial charge < -0.3 is 15.2 Å². The van der Waals surface area contributed by atoms with E-state index in [0.29, 0.717) is 35.4 Å². The van der Waals surface area contributed by atoms with E-state index in [1.165, 1.54) is 0 Å². The van der Waals surface area contributed by atoms with Crippen molar-refractivity contribution in [2.75, 3.05) is 20.2 Å². The van der Waals surface area contributed by atoms with Crippen LogP contribution in [0.1, 0.15) is 42.4 Å². The Bertz CT molecular complexity index is 1300. The zero-order valence-electron chi connectivity index (χ0n) is 18.7. The molecule has 3 unspecified atom stereocenters. The molecule has 0 bridgehead atoms. The monoisotopic (exact) mass is 509 g/mol. The lowest BCUT2D eigenvalue weighted by molar-refractivity contribution is -0.0254. The Morgan fingerprint density at radius 3 is 2.57 bits per heavy atom. The number of aliphatic hydroxyl groups is 1. The lowest BCUT2D eigenvalue weighted by Gasteiger charge is -2.46. The second-order valence-corrected chi connectivity index (χ2v) is 9.57. The molecule has 1 aliphatic heterocycles. The second-order valence-electron chi connectivity index (χ2n) is 8.69. The van der Waals surface area contributed by atoms with E-state index in [9.17, 15) is 5.11 Å². The highest BCUT2D eigenvalue weighted by Gasteiger charge is 2.48. The fourth-order valence-electron chi connectivity index (χ4n) is 5.13. The van der Waals surface area contributed by atoms with Gasteiger partial charge in [0.05, 0.1) is 18.2 Å². The molecule has 1 aliphatic rings. The molecule has 1 saturated heterocycles. The van der Waals surface area contributed by atoms with Crippen LogP contribution < -0.4 is 10.1 Å². The summed E-state index contributed by atoms with van der Waals surface area (Å²) in [6.07, 6.45) is 4.11. The lowest BCUT2D eigenvalue weighted by Crippen LogP contribution is -2.52. The maximum atomic E-state index is 12.6. The normalized spacial score (nSPS) is 20.7. The van der Waals surface area contributed by atoms with Crippen LogP contribution in [0.2, 0.25) is 10.0 Å². The molecule has 2 aromatic carbocycles. The Kier molecular flexibility index (Phi) is 7.62. The van der Waals surface area contributed by atoms with Gasteiger partial charge in [0.25, 0.3) is 0 Å². The van der Waals surface area contributed by atoms with Crippen LogP contribution in [0, 0.1) is 0 Å². The number of hydrogen-bond acceptors (Lipinski definition) is 5. The summed E-state index contributed by atoms with van der Waals surface area (Å²) in [5.41, 5.74) is 2.36. The standard InChI is InChI=1S/C27H25Cl2N3O2.CH4/c1-34-26-22(14-19-13-21(29)8-9-24(19)32-26)25(17-4-6-20(28)7-5-17)27(33)10-12-31-16-23(27)18-3-2-11-30-15-18;/h2-9,11,13-15,23,25,31,33H,10,12,16H2,1H3;1H4. The molecule has 182 valence electrons. The average molecular weight is 510 g/mol. The quantitative estimate of drug-likeness (QED) is 0.334. The zero-order valence-corrected chi connectivity index (χ0v) is 20.2. The molecule has 0 amide bonds. The number of benzene rings is 2. The van der Waals surface area contributed by atoms with Crippen molar-refractivity contribution in [2.45, 2.75) is 31.3 Å². The Hall–Kier alpha value is -2.70. The molecule has 4 aromatic rings. The SMILES string of the molecule is C.COc1nc2ccc(Cl)cc2cc1C(c1ccc(Cl)cc1)C1(O)CCNCC1c1cccnc1. The molecule has 0 saturated carbocycles. The number of methoxy groups -OCH3 is 1. The van der Waals surface area contributed by atoms with Gasteiger partial charge in [0.2, 0.25) is 5.88 Å². The van der Waals surface area contributed by atoms with Crippen LogP contribution in [-0.4, -0.2) is 40.9 Å². The Labute approximate surface area is 216 Å². The largest absolute Gasteiger partial charge is 0.481 e. The number of fused-ring (bicyclic) bond motifs is 1. The van der Waals surface area contributed by atoms with Crippen LogP contribution >= 0.6 is 23.2 Å². The number of hydrogen-bond donors (Lipinski definition) is 2. The van der Waals surface area contributed by atoms with Gasteiger partial charge in [0.1, 0.15) is 0 Å². The third kappa shape index (κ3) is 4.87. The number of halogens is 2. The third-order valence-corrected chi connectivity index (χ3v) is 7.21. The Morgan fingerprint density at radius 2 is 1.86 bits per heavy atom. The molecule has 2 N–H and O–H groups in total. The van der Waals surface area contributed by atoms with Gasteiger partial charge in [-0.15, -0.1) is 0 Å². The maximum Gasteiger partial charge on any atom is 0.217 e. The topological polar surface area (TPSA) is 67.3 Å². The summed E-state index contributed by atoms with van der Waals surface area (Å²) in [4.78, 5) is 9.09. The number of nitrogens with one attached hydrogen (secondary N) is 1. The molecule has 7 heteroatoms. The number of nitrogens with zero attached hydrogens (tertiary/aromatic N) is 2. The summed E-state index contributed by atoms with van der Waals surface area (Å²) in [6.45, 7) is 1.31. The van der Waals surface area contributed by atoms with Crippen LogP contribution in [-0.2, 0) is 0 Å². The van der Waals surface area contributed by atoms with Crippen molar-refractivity contribution in [3.63, 3.8) is 0 Å². The van der Waals surface area contributed by atoms with E-state index in [2.05, 4.69) is 10.3 Å². The molecule has 35 heavy (non-hydrogen) atoms. The van der Waals surface area contributed by atoms with Crippen LogP contribution in [0.15, 0.2) is 73.1 Å². The molecule has 5 rings (SSSR count). The van der Waals surface area contributed by atoms with Gasteiger partial charge in [0, 0.05) is 51.8 Å². The first-order valence-electron chi connectivity index (χ1n) is 11.2. The number of ether oxygens (including phenoxy) is 1. The molecule has 5 nitrogen and oxygen atoms in total. The number of aromatic nitrogens is 2. The molecule has 0 aliphatic carbocycles. The molecule has 0 spiro atoms. The van der Waals surface area contributed by atoms with Crippen LogP contribution in [0.5, 0.6) is 5.88 Å². The fourth-order valence-corrected chi connectivity index (χ4v) is 5.44. The molecule has 2 aromatic heterocycles. The summed E-state index contributed by atoms with van der Waals surface area (Å²) in [7, 11) is 1.61. The zero-order chi connectivity index (χ0) is 23.7. The van der Waals surface area contributed by atoms with E-state index < -0.39 is 11.5 Å². The van der Waals surface area contributed by atoms with Crippen molar-refractivity contribution in [2.24, 2.45) is 0 Å². The highest BCUT2D eigenvalue weighted by atomic mass is 35.5. The van der Waals surface area contributed by atoms with E-state index in [4.69, 9.17) is 32.9 Å². The second kappa shape index (κ2) is 10.5. The van der Waals surface area contributed by atoms with E-state index in [1.54, 1.807) is 13.3 Å². The highest BCUT2D eigenvalue weighted by molar-refractivity contribution is 6.31. The van der Waals surface area contributed by atoms with Crippen molar-refractivity contribution in [3.05, 3.63) is 99.8 Å². The predicted molar refractivity (Wildman–Crippen MR) is 143 cm³/mol. The van der Waals surface area contributed by atoms with Crippen LogP contribution in [0.4, 0.5) is 0 Å². The molecular formula is C28H29Cl2N3O2. The molecule has 3 heterocycles. The van der Waals surface area contributed by atoms with Gasteiger partial charge in [-0.3, -0.25) is 4.98 Å². The van der Waals surface area contributed by atoms with Crippen molar-refractivity contribution >= 4 is 34.1 Å². The first-order chi connectivity index (χ1) is 16.5. The summed E-state index contributed by atoms with van der Waals surface area (Å²) in [6, 6.07) is 19.2. The number of rotatable bonds is 5. The minimum absolute atomic E-state index is 0. The van der Waals surface area contributed by atoms with Gasteiger partial charge in [-0.2, -0.15) is 0 Å². The van der Waals surface area contributed by atoms with Gasteiger partial charge in [0.15, 0.2) is 0 Å². The average Bonchev–Trinajstić information content (AvgIpc) is 2.85. The first-order valence-corrected chi connectivity index (χ1v) is 12.0. The molecular weight excluding hydrogens is 481 g/mol. The van der Waals surface area contributed by atoms with E-state index in [1.807, 2.05) is 66.9 Å². The van der Waals surface area contributed by atoms with Crippen molar-refractivity contribution in [3.8, 4) is 5.88 Å². The van der Waals surface area contributed by atoms with E-state index in [0.717, 1.165) is 27.6 Å². The van der Waals surface area contributed by atoms with E-state index >= 15 is 0 Å². The third-order valence-electron chi connectivity index (χ3n) is 6.72. The van der Waals surface area contributed by atoms with Gasteiger partial charge in [-0.05, 0) is 66.6 Å². The van der Waals surface area contributed by atoms with Gasteiger partial charge in [-0.1, -0.05) is 48.8 Å². The summed E-state index contributed by atoms with van der Waals surface area (Å²) < 4.78 is 5.78. The summed E-state index contributed by atoms with van der Waals surface area (Å²) in [5.74, 6) is -0.148. The van der Waals surface area contributed by atoms with E-state index in [-0.39, 0.29) is 13.3 Å². The Morgan fingerprint density at radius 1 is 1.09 bits per heavy atom. The van der Waals surface area contributed by atoms with Crippen molar-refractivity contribution in [1.29, 1.82) is 0 Å². The van der Waals surface area contributed by atoms with Crippen molar-refractivity contribution in [1.82, 2.24) is 15.3 Å². The Balaban J connectivity index is 0.00000289.